The van der Waals surface area contributed by atoms with Gasteiger partial charge in [0.25, 0.3) is 11.5 Å². The van der Waals surface area contributed by atoms with E-state index in [0.29, 0.717) is 16.6 Å². The first-order chi connectivity index (χ1) is 9.74. The average Bonchev–Trinajstić information content (AvgIpc) is 2.49. The SMILES string of the molecule is O=C(Nc1nc2ccccc2[nH]c1=O)c1ccccc1. The Kier molecular flexibility index (Phi) is 3.01. The van der Waals surface area contributed by atoms with Crippen molar-refractivity contribution in [3.63, 3.8) is 0 Å². The molecule has 1 aromatic heterocycles. The highest BCUT2D eigenvalue weighted by Gasteiger charge is 2.10. The molecule has 1 heterocycles. The molecule has 0 saturated carbocycles. The minimum absolute atomic E-state index is 0.00227. The Balaban J connectivity index is 1.97. The van der Waals surface area contributed by atoms with Crippen LogP contribution in [-0.2, 0) is 0 Å². The van der Waals surface area contributed by atoms with Crippen LogP contribution in [-0.4, -0.2) is 15.9 Å². The van der Waals surface area contributed by atoms with Crippen molar-refractivity contribution in [2.45, 2.75) is 0 Å². The molecule has 0 radical (unpaired) electrons. The van der Waals surface area contributed by atoms with Gasteiger partial charge < -0.3 is 10.3 Å². The van der Waals surface area contributed by atoms with Gasteiger partial charge in [0.1, 0.15) is 0 Å². The third-order valence-corrected chi connectivity index (χ3v) is 2.87. The van der Waals surface area contributed by atoms with Gasteiger partial charge in [-0.15, -0.1) is 0 Å². The maximum Gasteiger partial charge on any atom is 0.291 e. The van der Waals surface area contributed by atoms with Gasteiger partial charge in [0.2, 0.25) is 0 Å². The molecule has 2 aromatic carbocycles. The summed E-state index contributed by atoms with van der Waals surface area (Å²) in [5.41, 5.74) is 1.31. The van der Waals surface area contributed by atoms with Crippen molar-refractivity contribution in [1.29, 1.82) is 0 Å². The first kappa shape index (κ1) is 12.1. The van der Waals surface area contributed by atoms with E-state index in [-0.39, 0.29) is 11.7 Å². The molecule has 0 saturated heterocycles. The number of H-pyrrole nitrogens is 1. The molecule has 5 nitrogen and oxygen atoms in total. The molecule has 0 spiro atoms. The summed E-state index contributed by atoms with van der Waals surface area (Å²) in [7, 11) is 0. The molecule has 0 bridgehead atoms. The molecule has 98 valence electrons. The summed E-state index contributed by atoms with van der Waals surface area (Å²) in [6.07, 6.45) is 0. The minimum Gasteiger partial charge on any atom is -0.317 e. The molecular formula is C15H11N3O2. The van der Waals surface area contributed by atoms with Crippen LogP contribution in [0, 0.1) is 0 Å². The van der Waals surface area contributed by atoms with Crippen LogP contribution in [0.5, 0.6) is 0 Å². The van der Waals surface area contributed by atoms with Gasteiger partial charge in [-0.3, -0.25) is 9.59 Å². The van der Waals surface area contributed by atoms with Crippen molar-refractivity contribution in [2.24, 2.45) is 0 Å². The van der Waals surface area contributed by atoms with Gasteiger partial charge in [-0.05, 0) is 24.3 Å². The smallest absolute Gasteiger partial charge is 0.291 e. The Morgan fingerprint density at radius 1 is 1.00 bits per heavy atom. The van der Waals surface area contributed by atoms with Crippen LogP contribution >= 0.6 is 0 Å². The highest BCUT2D eigenvalue weighted by atomic mass is 16.2. The number of anilines is 1. The molecule has 2 N–H and O–H groups in total. The third kappa shape index (κ3) is 2.29. The molecule has 0 aliphatic rings. The number of carbonyl (C=O) groups is 1. The molecule has 0 atom stereocenters. The van der Waals surface area contributed by atoms with Gasteiger partial charge in [-0.1, -0.05) is 30.3 Å². The number of hydrogen-bond donors (Lipinski definition) is 2. The van der Waals surface area contributed by atoms with E-state index in [4.69, 9.17) is 0 Å². The van der Waals surface area contributed by atoms with Gasteiger partial charge in [0.15, 0.2) is 5.82 Å². The maximum atomic E-state index is 12.0. The van der Waals surface area contributed by atoms with Gasteiger partial charge in [0, 0.05) is 5.56 Å². The standard InChI is InChI=1S/C15H11N3O2/c19-14(10-6-2-1-3-7-10)18-13-15(20)17-12-9-5-4-8-11(12)16-13/h1-9H,(H,17,20)(H,16,18,19). The van der Waals surface area contributed by atoms with E-state index in [9.17, 15) is 9.59 Å². The van der Waals surface area contributed by atoms with E-state index in [1.54, 1.807) is 36.4 Å². The Bertz CT molecular complexity index is 825. The zero-order chi connectivity index (χ0) is 13.9. The summed E-state index contributed by atoms with van der Waals surface area (Å²) in [6, 6.07) is 15.8. The number of nitrogens with one attached hydrogen (secondary N) is 2. The second-order valence-electron chi connectivity index (χ2n) is 4.25. The molecular weight excluding hydrogens is 254 g/mol. The van der Waals surface area contributed by atoms with E-state index in [2.05, 4.69) is 15.3 Å². The number of para-hydroxylation sites is 2. The van der Waals surface area contributed by atoms with Crippen LogP contribution in [0.15, 0.2) is 59.4 Å². The Morgan fingerprint density at radius 3 is 2.50 bits per heavy atom. The average molecular weight is 265 g/mol. The number of carbonyl (C=O) groups excluding carboxylic acids is 1. The van der Waals surface area contributed by atoms with Crippen molar-refractivity contribution < 1.29 is 4.79 Å². The van der Waals surface area contributed by atoms with Crippen LogP contribution in [0.1, 0.15) is 10.4 Å². The Labute approximate surface area is 114 Å². The number of aromatic nitrogens is 2. The molecule has 3 aromatic rings. The number of rotatable bonds is 2. The van der Waals surface area contributed by atoms with Crippen LogP contribution in [0.25, 0.3) is 11.0 Å². The van der Waals surface area contributed by atoms with Crippen molar-refractivity contribution in [1.82, 2.24) is 9.97 Å². The number of fused-ring (bicyclic) bond motifs is 1. The monoisotopic (exact) mass is 265 g/mol. The zero-order valence-electron chi connectivity index (χ0n) is 10.5. The number of amides is 1. The largest absolute Gasteiger partial charge is 0.317 e. The fourth-order valence-corrected chi connectivity index (χ4v) is 1.88. The Morgan fingerprint density at radius 2 is 1.70 bits per heavy atom. The number of nitrogens with zero attached hydrogens (tertiary/aromatic N) is 1. The summed E-state index contributed by atoms with van der Waals surface area (Å²) in [4.78, 5) is 30.7. The molecule has 20 heavy (non-hydrogen) atoms. The molecule has 0 aliphatic carbocycles. The van der Waals surface area contributed by atoms with Crippen LogP contribution < -0.4 is 10.9 Å². The predicted molar refractivity (Wildman–Crippen MR) is 76.8 cm³/mol. The molecule has 3 rings (SSSR count). The van der Waals surface area contributed by atoms with Gasteiger partial charge in [0.05, 0.1) is 11.0 Å². The quantitative estimate of drug-likeness (QED) is 0.745. The summed E-state index contributed by atoms with van der Waals surface area (Å²) >= 11 is 0. The highest BCUT2D eigenvalue weighted by molar-refractivity contribution is 6.03. The summed E-state index contributed by atoms with van der Waals surface area (Å²) in [6.45, 7) is 0. The fraction of sp³-hybridized carbons (Fsp3) is 0. The second-order valence-corrected chi connectivity index (χ2v) is 4.25. The molecule has 5 heteroatoms. The van der Waals surface area contributed by atoms with E-state index < -0.39 is 5.56 Å². The number of benzene rings is 2. The van der Waals surface area contributed by atoms with Gasteiger partial charge >= 0.3 is 0 Å². The van der Waals surface area contributed by atoms with Crippen LogP contribution in [0.4, 0.5) is 5.82 Å². The first-order valence-electron chi connectivity index (χ1n) is 6.09. The van der Waals surface area contributed by atoms with Gasteiger partial charge in [-0.2, -0.15) is 0 Å². The number of aromatic amines is 1. The summed E-state index contributed by atoms with van der Waals surface area (Å²) in [5.74, 6) is -0.364. The first-order valence-corrected chi connectivity index (χ1v) is 6.09. The third-order valence-electron chi connectivity index (χ3n) is 2.87. The van der Waals surface area contributed by atoms with Crippen molar-refractivity contribution in [3.8, 4) is 0 Å². The molecule has 0 fully saturated rings. The zero-order valence-corrected chi connectivity index (χ0v) is 10.5. The normalized spacial score (nSPS) is 10.4. The fourth-order valence-electron chi connectivity index (χ4n) is 1.88. The Hall–Kier alpha value is -2.95. The molecule has 0 aliphatic heterocycles. The number of hydrogen-bond acceptors (Lipinski definition) is 3. The minimum atomic E-state index is -0.423. The van der Waals surface area contributed by atoms with E-state index in [0.717, 1.165) is 0 Å². The van der Waals surface area contributed by atoms with Crippen molar-refractivity contribution >= 4 is 22.8 Å². The highest BCUT2D eigenvalue weighted by Crippen LogP contribution is 2.09. The van der Waals surface area contributed by atoms with E-state index in [1.807, 2.05) is 18.2 Å². The van der Waals surface area contributed by atoms with E-state index >= 15 is 0 Å². The molecule has 1 amide bonds. The lowest BCUT2D eigenvalue weighted by atomic mass is 10.2. The van der Waals surface area contributed by atoms with Crippen molar-refractivity contribution in [2.75, 3.05) is 5.32 Å². The lowest BCUT2D eigenvalue weighted by Gasteiger charge is -2.04. The van der Waals surface area contributed by atoms with E-state index in [1.165, 1.54) is 0 Å². The molecule has 0 unspecified atom stereocenters. The van der Waals surface area contributed by atoms with Gasteiger partial charge in [-0.25, -0.2) is 4.98 Å². The van der Waals surface area contributed by atoms with Crippen LogP contribution in [0.3, 0.4) is 0 Å². The summed E-state index contributed by atoms with van der Waals surface area (Å²) in [5, 5.41) is 2.52. The lowest BCUT2D eigenvalue weighted by Crippen LogP contribution is -2.21. The van der Waals surface area contributed by atoms with Crippen LogP contribution in [0.2, 0.25) is 0 Å². The topological polar surface area (TPSA) is 74.8 Å². The maximum absolute atomic E-state index is 12.0. The lowest BCUT2D eigenvalue weighted by molar-refractivity contribution is 0.102. The predicted octanol–water partition coefficient (Wildman–Crippen LogP) is 2.18. The summed E-state index contributed by atoms with van der Waals surface area (Å²) < 4.78 is 0. The van der Waals surface area contributed by atoms with Crippen molar-refractivity contribution in [3.05, 3.63) is 70.5 Å². The second kappa shape index (κ2) is 4.97.